The van der Waals surface area contributed by atoms with Crippen molar-refractivity contribution in [3.8, 4) is 11.5 Å². The summed E-state index contributed by atoms with van der Waals surface area (Å²) in [5.41, 5.74) is 3.10. The Kier molecular flexibility index (Phi) is 4.03. The Hall–Kier alpha value is -3.02. The highest BCUT2D eigenvalue weighted by Gasteiger charge is 2.39. The average molecular weight is 352 g/mol. The third kappa shape index (κ3) is 2.58. The predicted octanol–water partition coefficient (Wildman–Crippen LogP) is 4.44. The van der Waals surface area contributed by atoms with Crippen molar-refractivity contribution in [2.45, 2.75) is 18.4 Å². The van der Waals surface area contributed by atoms with Crippen molar-refractivity contribution in [1.29, 1.82) is 0 Å². The lowest BCUT2D eigenvalue weighted by Crippen LogP contribution is -2.29. The number of allylic oxidation sites excluding steroid dienone is 2. The first-order valence-corrected chi connectivity index (χ1v) is 8.56. The molecule has 3 atom stereocenters. The molecule has 2 aliphatic rings. The Bertz CT molecular complexity index is 893. The number of benzene rings is 2. The lowest BCUT2D eigenvalue weighted by molar-refractivity contribution is -0.384. The summed E-state index contributed by atoms with van der Waals surface area (Å²) < 4.78 is 11.0. The number of nitro groups is 1. The molecule has 0 saturated heterocycles. The highest BCUT2D eigenvalue weighted by Crippen LogP contribution is 2.53. The van der Waals surface area contributed by atoms with Gasteiger partial charge in [0.15, 0.2) is 0 Å². The summed E-state index contributed by atoms with van der Waals surface area (Å²) in [6.07, 6.45) is 5.32. The van der Waals surface area contributed by atoms with Crippen LogP contribution in [0.4, 0.5) is 11.4 Å². The van der Waals surface area contributed by atoms with Gasteiger partial charge in [0, 0.05) is 24.1 Å². The van der Waals surface area contributed by atoms with Crippen LogP contribution in [0.5, 0.6) is 11.5 Å². The van der Waals surface area contributed by atoms with Gasteiger partial charge in [-0.3, -0.25) is 10.1 Å². The van der Waals surface area contributed by atoms with Crippen LogP contribution >= 0.6 is 0 Å². The molecule has 26 heavy (non-hydrogen) atoms. The summed E-state index contributed by atoms with van der Waals surface area (Å²) in [7, 11) is 3.28. The summed E-state index contributed by atoms with van der Waals surface area (Å²) in [5, 5.41) is 14.8. The third-order valence-electron chi connectivity index (χ3n) is 5.30. The normalized spacial score (nSPS) is 22.9. The second-order valence-corrected chi connectivity index (χ2v) is 6.62. The zero-order valence-corrected chi connectivity index (χ0v) is 14.6. The molecule has 0 fully saturated rings. The molecule has 0 amide bonds. The molecule has 4 rings (SSSR count). The van der Waals surface area contributed by atoms with Crippen LogP contribution < -0.4 is 14.8 Å². The maximum absolute atomic E-state index is 11.2. The van der Waals surface area contributed by atoms with Crippen molar-refractivity contribution in [2.75, 3.05) is 19.5 Å². The minimum absolute atomic E-state index is 0.0234. The number of hydrogen-bond donors (Lipinski definition) is 1. The largest absolute Gasteiger partial charge is 0.497 e. The molecule has 1 heterocycles. The number of anilines is 1. The number of methoxy groups -OCH3 is 2. The highest BCUT2D eigenvalue weighted by atomic mass is 16.6. The van der Waals surface area contributed by atoms with Crippen LogP contribution in [0.25, 0.3) is 0 Å². The zero-order valence-electron chi connectivity index (χ0n) is 14.6. The first-order chi connectivity index (χ1) is 12.6. The number of nitrogens with one attached hydrogen (secondary N) is 1. The molecular formula is C20H20N2O4. The number of non-ortho nitro benzene ring substituents is 1. The van der Waals surface area contributed by atoms with Crippen molar-refractivity contribution < 1.29 is 14.4 Å². The van der Waals surface area contributed by atoms with Crippen molar-refractivity contribution in [3.05, 3.63) is 69.8 Å². The smallest absolute Gasteiger partial charge is 0.269 e. The average Bonchev–Trinajstić information content (AvgIpc) is 3.16. The number of rotatable bonds is 4. The van der Waals surface area contributed by atoms with Gasteiger partial charge >= 0.3 is 0 Å². The molecule has 0 saturated carbocycles. The van der Waals surface area contributed by atoms with Crippen LogP contribution in [-0.4, -0.2) is 19.1 Å². The maximum atomic E-state index is 11.2. The Morgan fingerprint density at radius 1 is 1.19 bits per heavy atom. The van der Waals surface area contributed by atoms with Gasteiger partial charge in [-0.15, -0.1) is 0 Å². The molecule has 1 N–H and O–H groups in total. The molecule has 6 nitrogen and oxygen atoms in total. The third-order valence-corrected chi connectivity index (χ3v) is 5.30. The standard InChI is InChI=1S/C20H20N2O4/c1-25-14-10-17-15-7-4-8-16(15)19(21-20(17)18(11-14)26-2)12-5-3-6-13(9-12)22(23)24/h3-7,9-11,15-16,19,21H,8H2,1-2H3/t15-,16-,19-/m0/s1. The quantitative estimate of drug-likeness (QED) is 0.500. The molecule has 2 aromatic rings. The van der Waals surface area contributed by atoms with Crippen LogP contribution in [0.3, 0.4) is 0 Å². The van der Waals surface area contributed by atoms with Gasteiger partial charge < -0.3 is 14.8 Å². The molecule has 0 radical (unpaired) electrons. The van der Waals surface area contributed by atoms with E-state index in [2.05, 4.69) is 17.5 Å². The second kappa shape index (κ2) is 6.37. The fourth-order valence-corrected chi connectivity index (χ4v) is 4.08. The van der Waals surface area contributed by atoms with Crippen molar-refractivity contribution in [3.63, 3.8) is 0 Å². The molecule has 6 heteroatoms. The summed E-state index contributed by atoms with van der Waals surface area (Å²) in [4.78, 5) is 10.8. The van der Waals surface area contributed by atoms with Crippen LogP contribution in [0.15, 0.2) is 48.6 Å². The van der Waals surface area contributed by atoms with E-state index in [4.69, 9.17) is 9.47 Å². The SMILES string of the molecule is COc1cc(OC)c2c(c1)[C@H]1C=CC[C@@H]1[C@H](c1cccc([N+](=O)[O-])c1)N2. The Morgan fingerprint density at radius 2 is 2.04 bits per heavy atom. The number of hydrogen-bond acceptors (Lipinski definition) is 5. The van der Waals surface area contributed by atoms with E-state index in [1.807, 2.05) is 18.2 Å². The molecule has 1 aliphatic carbocycles. The topological polar surface area (TPSA) is 73.6 Å². The predicted molar refractivity (Wildman–Crippen MR) is 99.0 cm³/mol. The van der Waals surface area contributed by atoms with E-state index in [1.54, 1.807) is 26.4 Å². The lowest BCUT2D eigenvalue weighted by atomic mass is 9.76. The fraction of sp³-hybridized carbons (Fsp3) is 0.300. The van der Waals surface area contributed by atoms with Gasteiger partial charge in [0.25, 0.3) is 5.69 Å². The summed E-state index contributed by atoms with van der Waals surface area (Å²) in [5.74, 6) is 1.99. The first-order valence-electron chi connectivity index (χ1n) is 8.56. The van der Waals surface area contributed by atoms with E-state index in [0.717, 1.165) is 29.0 Å². The minimum Gasteiger partial charge on any atom is -0.497 e. The number of fused-ring (bicyclic) bond motifs is 3. The van der Waals surface area contributed by atoms with Crippen LogP contribution in [0.2, 0.25) is 0 Å². The van der Waals surface area contributed by atoms with E-state index >= 15 is 0 Å². The number of ether oxygens (including phenoxy) is 2. The monoisotopic (exact) mass is 352 g/mol. The van der Waals surface area contributed by atoms with E-state index in [0.29, 0.717) is 11.7 Å². The van der Waals surface area contributed by atoms with Crippen molar-refractivity contribution >= 4 is 11.4 Å². The van der Waals surface area contributed by atoms with Gasteiger partial charge in [0.2, 0.25) is 0 Å². The highest BCUT2D eigenvalue weighted by molar-refractivity contribution is 5.70. The minimum atomic E-state index is -0.351. The van der Waals surface area contributed by atoms with Gasteiger partial charge in [-0.25, -0.2) is 0 Å². The second-order valence-electron chi connectivity index (χ2n) is 6.62. The summed E-state index contributed by atoms with van der Waals surface area (Å²) in [6, 6.07) is 10.8. The summed E-state index contributed by atoms with van der Waals surface area (Å²) in [6.45, 7) is 0. The number of nitro benzene ring substituents is 1. The van der Waals surface area contributed by atoms with E-state index in [1.165, 1.54) is 6.07 Å². The van der Waals surface area contributed by atoms with Crippen molar-refractivity contribution in [2.24, 2.45) is 5.92 Å². The molecule has 0 spiro atoms. The fourth-order valence-electron chi connectivity index (χ4n) is 4.08. The molecule has 0 bridgehead atoms. The van der Waals surface area contributed by atoms with Gasteiger partial charge in [0.05, 0.1) is 30.9 Å². The molecular weight excluding hydrogens is 332 g/mol. The molecule has 0 unspecified atom stereocenters. The van der Waals surface area contributed by atoms with Crippen LogP contribution in [0.1, 0.15) is 29.5 Å². The lowest BCUT2D eigenvalue weighted by Gasteiger charge is -2.38. The van der Waals surface area contributed by atoms with Gasteiger partial charge in [-0.05, 0) is 29.5 Å². The van der Waals surface area contributed by atoms with E-state index in [-0.39, 0.29) is 22.6 Å². The Balaban J connectivity index is 1.82. The van der Waals surface area contributed by atoms with Gasteiger partial charge in [0.1, 0.15) is 11.5 Å². The van der Waals surface area contributed by atoms with E-state index in [9.17, 15) is 10.1 Å². The van der Waals surface area contributed by atoms with Crippen molar-refractivity contribution in [1.82, 2.24) is 0 Å². The maximum Gasteiger partial charge on any atom is 0.269 e. The molecule has 134 valence electrons. The zero-order chi connectivity index (χ0) is 18.3. The Labute approximate surface area is 151 Å². The molecule has 1 aliphatic heterocycles. The Morgan fingerprint density at radius 3 is 2.77 bits per heavy atom. The summed E-state index contributed by atoms with van der Waals surface area (Å²) >= 11 is 0. The number of nitrogens with zero attached hydrogens (tertiary/aromatic N) is 1. The van der Waals surface area contributed by atoms with E-state index < -0.39 is 0 Å². The van der Waals surface area contributed by atoms with Crippen LogP contribution in [0, 0.1) is 16.0 Å². The molecule has 2 aromatic carbocycles. The van der Waals surface area contributed by atoms with Crippen LogP contribution in [-0.2, 0) is 0 Å². The van der Waals surface area contributed by atoms with Gasteiger partial charge in [-0.1, -0.05) is 24.3 Å². The van der Waals surface area contributed by atoms with Gasteiger partial charge in [-0.2, -0.15) is 0 Å². The molecule has 0 aromatic heterocycles. The first kappa shape index (κ1) is 16.4.